The second kappa shape index (κ2) is 6.68. The summed E-state index contributed by atoms with van der Waals surface area (Å²) < 4.78 is 5.66. The predicted octanol–water partition coefficient (Wildman–Crippen LogP) is 2.95. The maximum Gasteiger partial charge on any atom is 0.255 e. The van der Waals surface area contributed by atoms with Crippen molar-refractivity contribution in [2.75, 3.05) is 11.4 Å². The Morgan fingerprint density at radius 2 is 1.89 bits per heavy atom. The van der Waals surface area contributed by atoms with Crippen LogP contribution in [0, 0.1) is 13.8 Å². The normalized spacial score (nSPS) is 19.3. The minimum atomic E-state index is -0.337. The molecular weight excluding hydrogens is 344 g/mol. The van der Waals surface area contributed by atoms with E-state index in [0.717, 1.165) is 17.7 Å². The number of nitrogens with one attached hydrogen (secondary N) is 1. The number of aryl methyl sites for hydroxylation is 3. The first-order chi connectivity index (χ1) is 12.9. The molecule has 4 rings (SSSR count). The van der Waals surface area contributed by atoms with Gasteiger partial charge < -0.3 is 14.6 Å². The van der Waals surface area contributed by atoms with E-state index in [9.17, 15) is 14.4 Å². The fourth-order valence-electron chi connectivity index (χ4n) is 3.92. The lowest BCUT2D eigenvalue weighted by molar-refractivity contribution is -0.117. The van der Waals surface area contributed by atoms with E-state index in [4.69, 9.17) is 4.42 Å². The Bertz CT molecular complexity index is 926. The van der Waals surface area contributed by atoms with Crippen molar-refractivity contribution >= 4 is 23.3 Å². The molecule has 0 bridgehead atoms. The quantitative estimate of drug-likeness (QED) is 0.906. The van der Waals surface area contributed by atoms with Crippen molar-refractivity contribution < 1.29 is 18.8 Å². The van der Waals surface area contributed by atoms with Crippen LogP contribution in [0.3, 0.4) is 0 Å². The molecule has 140 valence electrons. The molecule has 0 unspecified atom stereocenters. The zero-order chi connectivity index (χ0) is 19.1. The Morgan fingerprint density at radius 1 is 1.15 bits per heavy atom. The number of amides is 2. The molecule has 1 aromatic carbocycles. The molecule has 0 radical (unpaired) electrons. The summed E-state index contributed by atoms with van der Waals surface area (Å²) in [5.74, 6) is 0.676. The number of nitrogens with zero attached hydrogens (tertiary/aromatic N) is 1. The third-order valence-corrected chi connectivity index (χ3v) is 5.28. The fourth-order valence-corrected chi connectivity index (χ4v) is 3.92. The molecule has 1 aromatic heterocycles. The van der Waals surface area contributed by atoms with Crippen molar-refractivity contribution in [2.45, 2.75) is 45.6 Å². The predicted molar refractivity (Wildman–Crippen MR) is 100 cm³/mol. The summed E-state index contributed by atoms with van der Waals surface area (Å²) in [6.07, 6.45) is 2.11. The van der Waals surface area contributed by atoms with Gasteiger partial charge in [-0.2, -0.15) is 0 Å². The Balaban J connectivity index is 1.51. The summed E-state index contributed by atoms with van der Waals surface area (Å²) in [5, 5.41) is 2.92. The molecular formula is C21H22N2O4. The van der Waals surface area contributed by atoms with Crippen molar-refractivity contribution in [1.29, 1.82) is 0 Å². The lowest BCUT2D eigenvalue weighted by Crippen LogP contribution is -2.38. The highest BCUT2D eigenvalue weighted by Crippen LogP contribution is 2.30. The van der Waals surface area contributed by atoms with Gasteiger partial charge in [0.1, 0.15) is 11.5 Å². The van der Waals surface area contributed by atoms with Crippen molar-refractivity contribution in [2.24, 2.45) is 0 Å². The van der Waals surface area contributed by atoms with Gasteiger partial charge in [-0.3, -0.25) is 14.4 Å². The van der Waals surface area contributed by atoms with Gasteiger partial charge in [-0.15, -0.1) is 0 Å². The van der Waals surface area contributed by atoms with Crippen LogP contribution in [0.4, 0.5) is 5.69 Å². The highest BCUT2D eigenvalue weighted by molar-refractivity contribution is 6.10. The number of ketones is 1. The minimum Gasteiger partial charge on any atom is -0.465 e. The Kier molecular flexibility index (Phi) is 4.34. The molecule has 6 nitrogen and oxygen atoms in total. The first-order valence-corrected chi connectivity index (χ1v) is 9.27. The van der Waals surface area contributed by atoms with E-state index in [0.29, 0.717) is 42.0 Å². The summed E-state index contributed by atoms with van der Waals surface area (Å²) in [6, 6.07) is 7.44. The molecule has 2 aromatic rings. The number of hydrogen-bond acceptors (Lipinski definition) is 4. The molecule has 6 heteroatoms. The lowest BCUT2D eigenvalue weighted by Gasteiger charge is -2.17. The Labute approximate surface area is 157 Å². The van der Waals surface area contributed by atoms with Crippen molar-refractivity contribution in [1.82, 2.24) is 5.32 Å². The molecule has 0 spiro atoms. The van der Waals surface area contributed by atoms with Crippen molar-refractivity contribution in [3.63, 3.8) is 0 Å². The van der Waals surface area contributed by atoms with Crippen LogP contribution in [-0.2, 0) is 11.2 Å². The molecule has 1 aliphatic carbocycles. The van der Waals surface area contributed by atoms with E-state index < -0.39 is 0 Å². The number of fused-ring (bicyclic) bond motifs is 1. The summed E-state index contributed by atoms with van der Waals surface area (Å²) in [4.78, 5) is 39.2. The summed E-state index contributed by atoms with van der Waals surface area (Å²) in [5.41, 5.74) is 2.71. The van der Waals surface area contributed by atoms with Gasteiger partial charge in [-0.1, -0.05) is 17.7 Å². The number of hydrogen-bond donors (Lipinski definition) is 1. The van der Waals surface area contributed by atoms with Crippen LogP contribution in [-0.4, -0.2) is 30.2 Å². The molecule has 0 saturated carbocycles. The lowest BCUT2D eigenvalue weighted by atomic mass is 9.93. The first-order valence-electron chi connectivity index (χ1n) is 9.27. The number of rotatable bonds is 3. The minimum absolute atomic E-state index is 0.0221. The van der Waals surface area contributed by atoms with Crippen molar-refractivity contribution in [3.05, 3.63) is 52.5 Å². The summed E-state index contributed by atoms with van der Waals surface area (Å²) in [6.45, 7) is 4.12. The third-order valence-electron chi connectivity index (χ3n) is 5.28. The van der Waals surface area contributed by atoms with E-state index >= 15 is 0 Å². The van der Waals surface area contributed by atoms with E-state index in [1.165, 1.54) is 0 Å². The van der Waals surface area contributed by atoms with E-state index in [1.54, 1.807) is 11.8 Å². The highest BCUT2D eigenvalue weighted by Gasteiger charge is 2.35. The smallest absolute Gasteiger partial charge is 0.255 e. The second-order valence-electron chi connectivity index (χ2n) is 7.32. The number of anilines is 1. The van der Waals surface area contributed by atoms with Crippen LogP contribution in [0.15, 0.2) is 28.7 Å². The van der Waals surface area contributed by atoms with Crippen molar-refractivity contribution in [3.8, 4) is 0 Å². The van der Waals surface area contributed by atoms with Crippen LogP contribution < -0.4 is 10.2 Å². The largest absolute Gasteiger partial charge is 0.465 e. The monoisotopic (exact) mass is 366 g/mol. The van der Waals surface area contributed by atoms with Gasteiger partial charge in [-0.25, -0.2) is 0 Å². The molecule has 1 fully saturated rings. The molecule has 2 heterocycles. The number of furan rings is 1. The van der Waals surface area contributed by atoms with E-state index in [2.05, 4.69) is 5.32 Å². The topological polar surface area (TPSA) is 79.6 Å². The SMILES string of the molecule is Cc1ccc(N2C[C@@H](NC(=O)c3c(C)oc4c3C(=O)CCC4)CC2=O)cc1. The average molecular weight is 366 g/mol. The molecule has 1 aliphatic heterocycles. The highest BCUT2D eigenvalue weighted by atomic mass is 16.3. The standard InChI is InChI=1S/C21H22N2O4/c1-12-6-8-15(9-7-12)23-11-14(10-18(23)25)22-21(26)19-13(2)27-17-5-3-4-16(24)20(17)19/h6-9,14H,3-5,10-11H2,1-2H3,(H,22,26)/t14-/m0/s1. The van der Waals surface area contributed by atoms with E-state index in [-0.39, 0.29) is 30.1 Å². The van der Waals surface area contributed by atoms with Crippen LogP contribution in [0.1, 0.15) is 57.1 Å². The molecule has 2 amide bonds. The molecule has 1 N–H and O–H groups in total. The van der Waals surface area contributed by atoms with Gasteiger partial charge in [0, 0.05) is 31.5 Å². The molecule has 1 atom stereocenters. The Hall–Kier alpha value is -2.89. The number of carbonyl (C=O) groups is 3. The zero-order valence-electron chi connectivity index (χ0n) is 15.5. The first kappa shape index (κ1) is 17.5. The Morgan fingerprint density at radius 3 is 2.63 bits per heavy atom. The van der Waals surface area contributed by atoms with Gasteiger partial charge in [-0.05, 0) is 32.4 Å². The zero-order valence-corrected chi connectivity index (χ0v) is 15.5. The summed E-state index contributed by atoms with van der Waals surface area (Å²) >= 11 is 0. The maximum atomic E-state index is 12.8. The van der Waals surface area contributed by atoms with Gasteiger partial charge in [0.2, 0.25) is 5.91 Å². The maximum absolute atomic E-state index is 12.8. The summed E-state index contributed by atoms with van der Waals surface area (Å²) in [7, 11) is 0. The van der Waals surface area contributed by atoms with Crippen LogP contribution >= 0.6 is 0 Å². The second-order valence-corrected chi connectivity index (χ2v) is 7.32. The molecule has 2 aliphatic rings. The average Bonchev–Trinajstić information content (AvgIpc) is 3.15. The van der Waals surface area contributed by atoms with Gasteiger partial charge in [0.05, 0.1) is 17.2 Å². The van der Waals surface area contributed by atoms with E-state index in [1.807, 2.05) is 31.2 Å². The van der Waals surface area contributed by atoms with Crippen LogP contribution in [0.25, 0.3) is 0 Å². The number of benzene rings is 1. The fraction of sp³-hybridized carbons (Fsp3) is 0.381. The van der Waals surface area contributed by atoms with Gasteiger partial charge in [0.25, 0.3) is 5.91 Å². The van der Waals surface area contributed by atoms with Crippen LogP contribution in [0.5, 0.6) is 0 Å². The van der Waals surface area contributed by atoms with Gasteiger partial charge >= 0.3 is 0 Å². The molecule has 27 heavy (non-hydrogen) atoms. The number of Topliss-reactive ketones (excluding diaryl/α,β-unsaturated/α-hetero) is 1. The number of carbonyl (C=O) groups excluding carboxylic acids is 3. The molecule has 1 saturated heterocycles. The van der Waals surface area contributed by atoms with Crippen LogP contribution in [0.2, 0.25) is 0 Å². The van der Waals surface area contributed by atoms with Gasteiger partial charge in [0.15, 0.2) is 5.78 Å². The third kappa shape index (κ3) is 3.16.